The highest BCUT2D eigenvalue weighted by Gasteiger charge is 2.10. The molecule has 0 aliphatic carbocycles. The van der Waals surface area contributed by atoms with Crippen LogP contribution in [0.4, 0.5) is 0 Å². The molecule has 0 bridgehead atoms. The molecule has 2 aromatic rings. The Kier molecular flexibility index (Phi) is 4.23. The Bertz CT molecular complexity index is 616. The molecule has 20 heavy (non-hydrogen) atoms. The first kappa shape index (κ1) is 13.5. The maximum absolute atomic E-state index is 11.8. The van der Waals surface area contributed by atoms with Gasteiger partial charge in [0, 0.05) is 18.0 Å². The Labute approximate surface area is 115 Å². The fourth-order valence-corrected chi connectivity index (χ4v) is 1.43. The number of hydrazine groups is 1. The van der Waals surface area contributed by atoms with Crippen molar-refractivity contribution in [3.05, 3.63) is 54.1 Å². The van der Waals surface area contributed by atoms with Crippen LogP contribution in [0.3, 0.4) is 0 Å². The maximum atomic E-state index is 11.8. The van der Waals surface area contributed by atoms with E-state index in [9.17, 15) is 9.59 Å². The molecular formula is C13H12N4O3. The van der Waals surface area contributed by atoms with Crippen LogP contribution in [0.1, 0.15) is 20.8 Å². The summed E-state index contributed by atoms with van der Waals surface area (Å²) >= 11 is 0. The summed E-state index contributed by atoms with van der Waals surface area (Å²) in [7, 11) is 1.51. The van der Waals surface area contributed by atoms with Crippen molar-refractivity contribution in [3.63, 3.8) is 0 Å². The van der Waals surface area contributed by atoms with Crippen molar-refractivity contribution in [3.8, 4) is 5.75 Å². The monoisotopic (exact) mass is 272 g/mol. The third-order valence-corrected chi connectivity index (χ3v) is 2.42. The Morgan fingerprint density at radius 1 is 1.15 bits per heavy atom. The van der Waals surface area contributed by atoms with Gasteiger partial charge < -0.3 is 4.74 Å². The summed E-state index contributed by atoms with van der Waals surface area (Å²) in [5.74, 6) is -0.451. The third kappa shape index (κ3) is 3.29. The summed E-state index contributed by atoms with van der Waals surface area (Å²) in [4.78, 5) is 31.1. The summed E-state index contributed by atoms with van der Waals surface area (Å²) in [6.07, 6.45) is 4.14. The number of carbonyl (C=O) groups excluding carboxylic acids is 2. The quantitative estimate of drug-likeness (QED) is 0.796. The summed E-state index contributed by atoms with van der Waals surface area (Å²) < 4.78 is 5.01. The zero-order chi connectivity index (χ0) is 14.4. The van der Waals surface area contributed by atoms with Crippen LogP contribution in [0.15, 0.2) is 42.9 Å². The van der Waals surface area contributed by atoms with Crippen molar-refractivity contribution in [2.75, 3.05) is 7.11 Å². The molecule has 1 aromatic heterocycles. The lowest BCUT2D eigenvalue weighted by Gasteiger charge is -2.07. The van der Waals surface area contributed by atoms with Gasteiger partial charge in [0.15, 0.2) is 0 Å². The molecular weight excluding hydrogens is 260 g/mol. The predicted octanol–water partition coefficient (Wildman–Crippen LogP) is 0.560. The highest BCUT2D eigenvalue weighted by Crippen LogP contribution is 2.11. The zero-order valence-corrected chi connectivity index (χ0v) is 10.7. The van der Waals surface area contributed by atoms with Gasteiger partial charge in [-0.05, 0) is 18.2 Å². The molecule has 1 aromatic carbocycles. The van der Waals surface area contributed by atoms with Crippen molar-refractivity contribution in [1.82, 2.24) is 20.8 Å². The Hall–Kier alpha value is -2.96. The lowest BCUT2D eigenvalue weighted by Crippen LogP contribution is -2.41. The molecule has 2 N–H and O–H groups in total. The van der Waals surface area contributed by atoms with E-state index in [0.717, 1.165) is 0 Å². The summed E-state index contributed by atoms with van der Waals surface area (Å²) in [5, 5.41) is 0. The van der Waals surface area contributed by atoms with Gasteiger partial charge in [-0.25, -0.2) is 4.98 Å². The smallest absolute Gasteiger partial charge is 0.289 e. The number of carbonyl (C=O) groups is 2. The van der Waals surface area contributed by atoms with Crippen LogP contribution >= 0.6 is 0 Å². The van der Waals surface area contributed by atoms with E-state index in [1.165, 1.54) is 25.7 Å². The van der Waals surface area contributed by atoms with Gasteiger partial charge in [-0.1, -0.05) is 6.07 Å². The predicted molar refractivity (Wildman–Crippen MR) is 70.0 cm³/mol. The number of hydrogen-bond donors (Lipinski definition) is 2. The second-order valence-electron chi connectivity index (χ2n) is 3.73. The molecule has 0 saturated carbocycles. The second-order valence-corrected chi connectivity index (χ2v) is 3.73. The first-order valence-electron chi connectivity index (χ1n) is 5.71. The summed E-state index contributed by atoms with van der Waals surface area (Å²) in [6, 6.07) is 6.56. The number of ether oxygens (including phenoxy) is 1. The van der Waals surface area contributed by atoms with Crippen molar-refractivity contribution >= 4 is 11.8 Å². The minimum Gasteiger partial charge on any atom is -0.497 e. The number of methoxy groups -OCH3 is 1. The number of rotatable bonds is 3. The van der Waals surface area contributed by atoms with Gasteiger partial charge in [0.05, 0.1) is 13.3 Å². The van der Waals surface area contributed by atoms with E-state index in [1.54, 1.807) is 24.3 Å². The molecule has 0 radical (unpaired) electrons. The summed E-state index contributed by atoms with van der Waals surface area (Å²) in [5.41, 5.74) is 5.01. The fraction of sp³-hybridized carbons (Fsp3) is 0.0769. The van der Waals surface area contributed by atoms with Gasteiger partial charge in [0.1, 0.15) is 11.4 Å². The normalized spacial score (nSPS) is 9.65. The van der Waals surface area contributed by atoms with Crippen molar-refractivity contribution in [2.45, 2.75) is 0 Å². The van der Waals surface area contributed by atoms with Gasteiger partial charge in [-0.3, -0.25) is 25.4 Å². The fourth-order valence-electron chi connectivity index (χ4n) is 1.43. The molecule has 0 aliphatic heterocycles. The van der Waals surface area contributed by atoms with Gasteiger partial charge in [-0.15, -0.1) is 0 Å². The van der Waals surface area contributed by atoms with Gasteiger partial charge >= 0.3 is 0 Å². The standard InChI is InChI=1S/C13H12N4O3/c1-20-10-4-2-3-9(7-10)12(18)16-17-13(19)11-8-14-5-6-15-11/h2-8H,1H3,(H,16,18)(H,17,19). The minimum absolute atomic E-state index is 0.110. The third-order valence-electron chi connectivity index (χ3n) is 2.42. The van der Waals surface area contributed by atoms with E-state index >= 15 is 0 Å². The second kappa shape index (κ2) is 6.28. The van der Waals surface area contributed by atoms with Gasteiger partial charge in [0.2, 0.25) is 0 Å². The molecule has 0 aliphatic rings. The topological polar surface area (TPSA) is 93.2 Å². The SMILES string of the molecule is COc1cccc(C(=O)NNC(=O)c2cnccn2)c1. The largest absolute Gasteiger partial charge is 0.497 e. The van der Waals surface area contributed by atoms with E-state index in [4.69, 9.17) is 4.74 Å². The van der Waals surface area contributed by atoms with Crippen molar-refractivity contribution in [1.29, 1.82) is 0 Å². The van der Waals surface area contributed by atoms with E-state index < -0.39 is 11.8 Å². The highest BCUT2D eigenvalue weighted by atomic mass is 16.5. The molecule has 2 rings (SSSR count). The van der Waals surface area contributed by atoms with Crippen LogP contribution in [0, 0.1) is 0 Å². The number of hydrogen-bond acceptors (Lipinski definition) is 5. The molecule has 102 valence electrons. The molecule has 7 nitrogen and oxygen atoms in total. The average Bonchev–Trinajstić information content (AvgIpc) is 2.53. The minimum atomic E-state index is -0.547. The van der Waals surface area contributed by atoms with E-state index in [-0.39, 0.29) is 5.69 Å². The molecule has 0 saturated heterocycles. The van der Waals surface area contributed by atoms with Gasteiger partial charge in [0.25, 0.3) is 11.8 Å². The first-order chi connectivity index (χ1) is 9.70. The van der Waals surface area contributed by atoms with Crippen LogP contribution < -0.4 is 15.6 Å². The Morgan fingerprint density at radius 3 is 2.65 bits per heavy atom. The Balaban J connectivity index is 1.97. The van der Waals surface area contributed by atoms with E-state index in [0.29, 0.717) is 11.3 Å². The molecule has 2 amide bonds. The molecule has 0 fully saturated rings. The molecule has 7 heteroatoms. The number of aromatic nitrogens is 2. The lowest BCUT2D eigenvalue weighted by atomic mass is 10.2. The number of benzene rings is 1. The molecule has 0 atom stereocenters. The van der Waals surface area contributed by atoms with Crippen molar-refractivity contribution < 1.29 is 14.3 Å². The summed E-state index contributed by atoms with van der Waals surface area (Å²) in [6.45, 7) is 0. The Morgan fingerprint density at radius 2 is 1.95 bits per heavy atom. The zero-order valence-electron chi connectivity index (χ0n) is 10.7. The van der Waals surface area contributed by atoms with Crippen LogP contribution in [0.25, 0.3) is 0 Å². The number of nitrogens with zero attached hydrogens (tertiary/aromatic N) is 2. The number of amides is 2. The van der Waals surface area contributed by atoms with Crippen molar-refractivity contribution in [2.24, 2.45) is 0 Å². The molecule has 1 heterocycles. The van der Waals surface area contributed by atoms with Crippen LogP contribution in [-0.2, 0) is 0 Å². The van der Waals surface area contributed by atoms with Crippen LogP contribution in [-0.4, -0.2) is 28.9 Å². The van der Waals surface area contributed by atoms with Gasteiger partial charge in [-0.2, -0.15) is 0 Å². The lowest BCUT2D eigenvalue weighted by molar-refractivity contribution is 0.0843. The van der Waals surface area contributed by atoms with E-state index in [2.05, 4.69) is 20.8 Å². The van der Waals surface area contributed by atoms with Crippen LogP contribution in [0.2, 0.25) is 0 Å². The highest BCUT2D eigenvalue weighted by molar-refractivity contribution is 5.98. The van der Waals surface area contributed by atoms with Crippen LogP contribution in [0.5, 0.6) is 5.75 Å². The first-order valence-corrected chi connectivity index (χ1v) is 5.71. The number of nitrogens with one attached hydrogen (secondary N) is 2. The molecule has 0 unspecified atom stereocenters. The average molecular weight is 272 g/mol. The maximum Gasteiger partial charge on any atom is 0.289 e. The molecule has 0 spiro atoms. The van der Waals surface area contributed by atoms with E-state index in [1.807, 2.05) is 0 Å².